The topological polar surface area (TPSA) is 46.7 Å². The molecule has 214 valence electrons. The molecule has 5 aromatic rings. The largest absolute Gasteiger partial charge is 0.497 e. The molecule has 4 aromatic carbocycles. The second-order valence-electron chi connectivity index (χ2n) is 11.3. The van der Waals surface area contributed by atoms with Gasteiger partial charge in [-0.25, -0.2) is 4.39 Å². The maximum atomic E-state index is 14.0. The number of H-pyrrole nitrogens is 1. The van der Waals surface area contributed by atoms with Crippen molar-refractivity contribution in [2.75, 3.05) is 20.8 Å². The van der Waals surface area contributed by atoms with Crippen LogP contribution in [0.1, 0.15) is 58.1 Å². The molecule has 2 aliphatic rings. The molecule has 0 saturated heterocycles. The normalized spacial score (nSPS) is 17.8. The number of fused-ring (bicyclic) bond motifs is 6. The van der Waals surface area contributed by atoms with Gasteiger partial charge in [0.05, 0.1) is 20.3 Å². The van der Waals surface area contributed by atoms with Crippen LogP contribution in [0.4, 0.5) is 4.39 Å². The first-order chi connectivity index (χ1) is 20.6. The third kappa shape index (κ3) is 4.60. The van der Waals surface area contributed by atoms with Crippen molar-refractivity contribution in [3.05, 3.63) is 124 Å². The Morgan fingerprint density at radius 3 is 2.40 bits per heavy atom. The highest BCUT2D eigenvalue weighted by Crippen LogP contribution is 2.50. The standard InChI is InChI=1S/C36H35FN2O3/c1-4-22-5-7-23(8-6-22)21-42-34-20-28-25(17-33(34)41-3)15-16-39-32(28)19-30-29-18-27(40-2)13-14-31(29)38-35(30)36(39)24-9-11-26(37)12-10-24/h5-14,17-18,20,32,36,38H,4,15-16,19,21H2,1-3H3. The van der Waals surface area contributed by atoms with Gasteiger partial charge in [-0.2, -0.15) is 0 Å². The lowest BCUT2D eigenvalue weighted by Crippen LogP contribution is -2.43. The molecule has 0 saturated carbocycles. The number of aromatic amines is 1. The minimum Gasteiger partial charge on any atom is -0.497 e. The molecule has 42 heavy (non-hydrogen) atoms. The zero-order chi connectivity index (χ0) is 28.8. The van der Waals surface area contributed by atoms with Crippen LogP contribution in [0.15, 0.2) is 78.9 Å². The summed E-state index contributed by atoms with van der Waals surface area (Å²) in [7, 11) is 3.41. The van der Waals surface area contributed by atoms with Crippen molar-refractivity contribution in [3.63, 3.8) is 0 Å². The molecule has 0 bridgehead atoms. The van der Waals surface area contributed by atoms with Crippen molar-refractivity contribution in [2.24, 2.45) is 0 Å². The van der Waals surface area contributed by atoms with E-state index in [-0.39, 0.29) is 17.9 Å². The number of rotatable bonds is 7. The zero-order valence-corrected chi connectivity index (χ0v) is 24.2. The monoisotopic (exact) mass is 562 g/mol. The van der Waals surface area contributed by atoms with E-state index in [2.05, 4.69) is 65.3 Å². The van der Waals surface area contributed by atoms with E-state index in [4.69, 9.17) is 14.2 Å². The Morgan fingerprint density at radius 2 is 1.67 bits per heavy atom. The number of ether oxygens (including phenoxy) is 3. The fourth-order valence-corrected chi connectivity index (χ4v) is 6.76. The smallest absolute Gasteiger partial charge is 0.162 e. The van der Waals surface area contributed by atoms with Crippen molar-refractivity contribution >= 4 is 10.9 Å². The van der Waals surface area contributed by atoms with Crippen LogP contribution in [-0.2, 0) is 25.9 Å². The van der Waals surface area contributed by atoms with Crippen LogP contribution in [0.3, 0.4) is 0 Å². The molecular formula is C36H35FN2O3. The second-order valence-corrected chi connectivity index (χ2v) is 11.3. The summed E-state index contributed by atoms with van der Waals surface area (Å²) in [5.41, 5.74) is 9.59. The molecule has 0 amide bonds. The van der Waals surface area contributed by atoms with Gasteiger partial charge in [-0.15, -0.1) is 0 Å². The number of hydrogen-bond donors (Lipinski definition) is 1. The first kappa shape index (κ1) is 26.6. The average molecular weight is 563 g/mol. The van der Waals surface area contributed by atoms with Gasteiger partial charge < -0.3 is 19.2 Å². The summed E-state index contributed by atoms with van der Waals surface area (Å²) < 4.78 is 31.8. The molecule has 0 radical (unpaired) electrons. The molecule has 3 heterocycles. The van der Waals surface area contributed by atoms with Crippen LogP contribution in [0.2, 0.25) is 0 Å². The minimum atomic E-state index is -0.227. The number of aryl methyl sites for hydroxylation is 1. The maximum Gasteiger partial charge on any atom is 0.162 e. The molecule has 2 unspecified atom stereocenters. The van der Waals surface area contributed by atoms with Gasteiger partial charge in [-0.05, 0) is 95.1 Å². The summed E-state index contributed by atoms with van der Waals surface area (Å²) in [5, 5.41) is 1.17. The minimum absolute atomic E-state index is 0.0329. The quantitative estimate of drug-likeness (QED) is 0.221. The Labute approximate surface area is 245 Å². The van der Waals surface area contributed by atoms with Crippen LogP contribution >= 0.6 is 0 Å². The number of nitrogens with zero attached hydrogens (tertiary/aromatic N) is 1. The predicted molar refractivity (Wildman–Crippen MR) is 163 cm³/mol. The van der Waals surface area contributed by atoms with Crippen molar-refractivity contribution < 1.29 is 18.6 Å². The molecule has 0 aliphatic carbocycles. The Bertz CT molecular complexity index is 1740. The van der Waals surface area contributed by atoms with Crippen molar-refractivity contribution in [1.29, 1.82) is 0 Å². The van der Waals surface area contributed by atoms with E-state index in [1.165, 1.54) is 33.3 Å². The third-order valence-electron chi connectivity index (χ3n) is 8.98. The van der Waals surface area contributed by atoms with Crippen LogP contribution < -0.4 is 14.2 Å². The summed E-state index contributed by atoms with van der Waals surface area (Å²) in [4.78, 5) is 6.29. The van der Waals surface area contributed by atoms with E-state index in [0.717, 1.165) is 59.7 Å². The first-order valence-electron chi connectivity index (χ1n) is 14.7. The van der Waals surface area contributed by atoms with E-state index in [0.29, 0.717) is 6.61 Å². The zero-order valence-electron chi connectivity index (χ0n) is 24.2. The molecule has 7 rings (SSSR count). The number of methoxy groups -OCH3 is 2. The Balaban J connectivity index is 1.31. The molecule has 0 spiro atoms. The van der Waals surface area contributed by atoms with E-state index in [9.17, 15) is 4.39 Å². The molecule has 5 nitrogen and oxygen atoms in total. The van der Waals surface area contributed by atoms with Crippen LogP contribution in [0.5, 0.6) is 17.2 Å². The molecule has 1 aromatic heterocycles. The van der Waals surface area contributed by atoms with Gasteiger partial charge >= 0.3 is 0 Å². The lowest BCUT2D eigenvalue weighted by atomic mass is 9.80. The van der Waals surface area contributed by atoms with Crippen LogP contribution in [0, 0.1) is 5.82 Å². The number of benzene rings is 4. The number of nitrogens with one attached hydrogen (secondary N) is 1. The van der Waals surface area contributed by atoms with Gasteiger partial charge in [-0.3, -0.25) is 4.90 Å². The number of aromatic nitrogens is 1. The van der Waals surface area contributed by atoms with E-state index in [1.54, 1.807) is 26.4 Å². The third-order valence-corrected chi connectivity index (χ3v) is 8.98. The van der Waals surface area contributed by atoms with Gasteiger partial charge in [0.1, 0.15) is 18.2 Å². The SMILES string of the molecule is CCc1ccc(COc2cc3c(cc2OC)CCN2C3Cc3c([nH]c4ccc(OC)cc34)C2c2ccc(F)cc2)cc1. The van der Waals surface area contributed by atoms with Crippen molar-refractivity contribution in [3.8, 4) is 17.2 Å². The van der Waals surface area contributed by atoms with Gasteiger partial charge in [0.2, 0.25) is 0 Å². The molecule has 0 fully saturated rings. The highest BCUT2D eigenvalue weighted by molar-refractivity contribution is 5.87. The summed E-state index contributed by atoms with van der Waals surface area (Å²) in [5.74, 6) is 2.12. The Kier molecular flexibility index (Phi) is 6.87. The van der Waals surface area contributed by atoms with Crippen LogP contribution in [0.25, 0.3) is 10.9 Å². The molecule has 2 aliphatic heterocycles. The van der Waals surface area contributed by atoms with E-state index < -0.39 is 0 Å². The van der Waals surface area contributed by atoms with Crippen molar-refractivity contribution in [1.82, 2.24) is 9.88 Å². The van der Waals surface area contributed by atoms with Gasteiger partial charge in [-0.1, -0.05) is 43.3 Å². The number of hydrogen-bond acceptors (Lipinski definition) is 4. The fourth-order valence-electron chi connectivity index (χ4n) is 6.76. The second kappa shape index (κ2) is 10.8. The molecule has 6 heteroatoms. The van der Waals surface area contributed by atoms with E-state index in [1.807, 2.05) is 18.2 Å². The average Bonchev–Trinajstić information content (AvgIpc) is 3.40. The lowest BCUT2D eigenvalue weighted by molar-refractivity contribution is 0.127. The lowest BCUT2D eigenvalue weighted by Gasteiger charge is -2.46. The number of halogens is 1. The Morgan fingerprint density at radius 1 is 0.881 bits per heavy atom. The highest BCUT2D eigenvalue weighted by atomic mass is 19.1. The molecular weight excluding hydrogens is 527 g/mol. The van der Waals surface area contributed by atoms with E-state index >= 15 is 0 Å². The molecule has 2 atom stereocenters. The van der Waals surface area contributed by atoms with Crippen LogP contribution in [-0.4, -0.2) is 30.6 Å². The van der Waals surface area contributed by atoms with Gasteiger partial charge in [0.25, 0.3) is 0 Å². The van der Waals surface area contributed by atoms with Crippen molar-refractivity contribution in [2.45, 2.75) is 44.9 Å². The Hall–Kier alpha value is -4.29. The highest BCUT2D eigenvalue weighted by Gasteiger charge is 2.41. The molecule has 1 N–H and O–H groups in total. The summed E-state index contributed by atoms with van der Waals surface area (Å²) in [6.07, 6.45) is 2.75. The fraction of sp³-hybridized carbons (Fsp3) is 0.278. The van der Waals surface area contributed by atoms with Gasteiger partial charge in [0.15, 0.2) is 11.5 Å². The summed E-state index contributed by atoms with van der Waals surface area (Å²) >= 11 is 0. The summed E-state index contributed by atoms with van der Waals surface area (Å²) in [6, 6.07) is 26.2. The van der Waals surface area contributed by atoms with Gasteiger partial charge in [0, 0.05) is 29.2 Å². The summed E-state index contributed by atoms with van der Waals surface area (Å²) in [6.45, 7) is 3.51. The maximum absolute atomic E-state index is 14.0. The first-order valence-corrected chi connectivity index (χ1v) is 14.7. The predicted octanol–water partition coefficient (Wildman–Crippen LogP) is 7.71.